The summed E-state index contributed by atoms with van der Waals surface area (Å²) in [6.45, 7) is 28.5. The Morgan fingerprint density at radius 1 is 0.446 bits per heavy atom. The molecule has 0 saturated heterocycles. The van der Waals surface area contributed by atoms with E-state index in [0.29, 0.717) is 9.75 Å². The number of halogens is 6. The van der Waals surface area contributed by atoms with Gasteiger partial charge in [0.25, 0.3) is 0 Å². The van der Waals surface area contributed by atoms with Crippen LogP contribution in [0.3, 0.4) is 0 Å². The van der Waals surface area contributed by atoms with Gasteiger partial charge in [0.2, 0.25) is 22.6 Å². The fourth-order valence-corrected chi connectivity index (χ4v) is 18.8. The van der Waals surface area contributed by atoms with E-state index in [9.17, 15) is 52.2 Å². The van der Waals surface area contributed by atoms with Crippen LogP contribution in [0.1, 0.15) is 157 Å². The van der Waals surface area contributed by atoms with Crippen LogP contribution in [0.4, 0.5) is 43.4 Å². The van der Waals surface area contributed by atoms with Gasteiger partial charge in [0.15, 0.2) is 40.3 Å². The summed E-state index contributed by atoms with van der Waals surface area (Å²) in [5, 5.41) is 63.1. The predicted octanol–water partition coefficient (Wildman–Crippen LogP) is 21.3. The van der Waals surface area contributed by atoms with Crippen molar-refractivity contribution in [2.75, 3.05) is 75.3 Å². The van der Waals surface area contributed by atoms with Crippen molar-refractivity contribution >= 4 is 106 Å². The topological polar surface area (TPSA) is 257 Å². The molecule has 121 heavy (non-hydrogen) atoms. The number of nitrogens with zero attached hydrogens (tertiary/aromatic N) is 12. The number of anilines is 3. The number of rotatable bonds is 14. The first kappa shape index (κ1) is 87.1. The minimum atomic E-state index is -4.89. The summed E-state index contributed by atoms with van der Waals surface area (Å²) in [5.74, 6) is 1.58. The Hall–Kier alpha value is -13.2. The molecule has 9 aliphatic heterocycles. The van der Waals surface area contributed by atoms with Crippen LogP contribution in [0.5, 0.6) is 17.2 Å². The van der Waals surface area contributed by atoms with Crippen molar-refractivity contribution in [1.29, 1.82) is 36.8 Å². The molecule has 0 bridgehead atoms. The summed E-state index contributed by atoms with van der Waals surface area (Å²) in [4.78, 5) is 29.6. The van der Waals surface area contributed by atoms with Crippen LogP contribution >= 0.6 is 34.0 Å². The number of alkyl halides is 6. The number of nitriles is 7. The summed E-state index contributed by atoms with van der Waals surface area (Å²) in [6.07, 6.45) is 21.7. The SMILES string of the molecule is CC1=C(C#N)C(=C(C#N)C#N)OC1(C)C.COc1c(/C=C/c2ccc(C=O)s2)cc2c3c1CCCN3CCC2.[C-]#[N+]C1=C(/C=C/c2ccc(/C=C/c3cc4c5c(c3OC)CCCN5CCC4)s2)C(C)(C(F)(F)F)OC1=C(C#N)C#N.[C-]#[N+]C1=C(/C=C/c2ccc(/C=C/c3cc4c5c(c3OC)CCCN5CCC4)s2)C(C)(C(F)(F)F)OC1=C(C#N)C#N. The third-order valence-corrected chi connectivity index (χ3v) is 25.5. The lowest BCUT2D eigenvalue weighted by Crippen LogP contribution is -2.43. The van der Waals surface area contributed by atoms with Gasteiger partial charge in [0, 0.05) is 125 Å². The van der Waals surface area contributed by atoms with Gasteiger partial charge in [-0.3, -0.25) is 4.79 Å². The molecule has 0 saturated carbocycles. The Bertz CT molecular complexity index is 5690. The van der Waals surface area contributed by atoms with Crippen LogP contribution in [0.2, 0.25) is 0 Å². The quantitative estimate of drug-likeness (QED) is 0.0425. The lowest BCUT2D eigenvalue weighted by atomic mass is 9.89. The summed E-state index contributed by atoms with van der Waals surface area (Å²) in [5.41, 5.74) is 6.44. The molecule has 0 fully saturated rings. The maximum absolute atomic E-state index is 14.1. The van der Waals surface area contributed by atoms with Gasteiger partial charge in [-0.2, -0.15) is 63.2 Å². The van der Waals surface area contributed by atoms with Crippen LogP contribution in [-0.4, -0.2) is 96.0 Å². The van der Waals surface area contributed by atoms with Crippen LogP contribution in [0, 0.1) is 92.5 Å². The smallest absolute Gasteiger partial charge is 0.430 e. The second kappa shape index (κ2) is 36.5. The van der Waals surface area contributed by atoms with E-state index in [-0.39, 0.29) is 16.9 Å². The molecule has 0 amide bonds. The molecule has 3 aromatic carbocycles. The molecule has 614 valence electrons. The number of methoxy groups -OCH3 is 3. The van der Waals surface area contributed by atoms with E-state index in [1.165, 1.54) is 159 Å². The molecule has 0 N–H and O–H groups in total. The summed E-state index contributed by atoms with van der Waals surface area (Å²) >= 11 is 4.25. The molecular weight excluding hydrogens is 1610 g/mol. The summed E-state index contributed by atoms with van der Waals surface area (Å²) in [7, 11) is 5.15. The Morgan fingerprint density at radius 2 is 0.736 bits per heavy atom. The normalized spacial score (nSPS) is 19.0. The highest BCUT2D eigenvalue weighted by Crippen LogP contribution is 2.54. The van der Waals surface area contributed by atoms with Crippen molar-refractivity contribution in [3.8, 4) is 59.7 Å². The lowest BCUT2D eigenvalue weighted by molar-refractivity contribution is -0.236. The van der Waals surface area contributed by atoms with Gasteiger partial charge >= 0.3 is 12.4 Å². The summed E-state index contributed by atoms with van der Waals surface area (Å²) in [6, 6.07) is 29.3. The fourth-order valence-electron chi connectivity index (χ4n) is 16.4. The number of allylic oxidation sites excluding steroid dienone is 4. The van der Waals surface area contributed by atoms with Gasteiger partial charge in [-0.1, -0.05) is 12.2 Å². The molecule has 19 nitrogen and oxygen atoms in total. The molecule has 3 aromatic heterocycles. The van der Waals surface area contributed by atoms with Gasteiger partial charge in [-0.15, -0.1) is 34.0 Å². The van der Waals surface area contributed by atoms with E-state index in [0.717, 1.165) is 170 Å². The molecule has 15 rings (SSSR count). The lowest BCUT2D eigenvalue weighted by Gasteiger charge is -2.38. The maximum atomic E-state index is 14.1. The first-order chi connectivity index (χ1) is 58.1. The first-order valence-corrected chi connectivity index (χ1v) is 41.3. The highest BCUT2D eigenvalue weighted by atomic mass is 32.1. The second-order valence-corrected chi connectivity index (χ2v) is 33.5. The van der Waals surface area contributed by atoms with Crippen LogP contribution in [-0.2, 0) is 52.7 Å². The molecule has 2 atom stereocenters. The average Bonchev–Trinajstić information content (AvgIpc) is 1.52. The molecule has 0 spiro atoms. The van der Waals surface area contributed by atoms with E-state index in [4.69, 9.17) is 57.4 Å². The van der Waals surface area contributed by atoms with E-state index in [1.54, 1.807) is 66.4 Å². The van der Waals surface area contributed by atoms with E-state index in [1.807, 2.05) is 54.6 Å². The number of aryl methyl sites for hydroxylation is 3. The molecule has 6 aromatic rings. The Morgan fingerprint density at radius 3 is 1.01 bits per heavy atom. The van der Waals surface area contributed by atoms with Crippen molar-refractivity contribution in [2.45, 2.75) is 141 Å². The monoisotopic (exact) mass is 1690 g/mol. The number of carbonyl (C=O) groups excluding carboxylic acids is 1. The van der Waals surface area contributed by atoms with Crippen molar-refractivity contribution in [1.82, 2.24) is 0 Å². The molecule has 12 heterocycles. The van der Waals surface area contributed by atoms with Crippen LogP contribution < -0.4 is 28.9 Å². The standard InChI is InChI=1S/2C31H25F3N4O2S.C20H21NO2S.C11H9N3O/c2*1-30(31(32,33)34)25(26(37-2)29(40-30)21(17-35)18-36)13-12-23-11-10-22(41-23)9-8-20-16-19-6-4-14-38-15-5-7-24(27(19)38)28(20)39-3;1-23-20-15(6-7-16-8-9-17(13-22)24-16)12-14-4-2-10-21-11-3-5-18(20)19(14)21;1-7-9(6-14)10(8(4-12)5-13)15-11(7,2)3/h2*8-13,16H,4-7,14-15H2,1,3H3;6-9,12-13H,2-5,10-11H2,1H3;1-3H3/b2*9-8+,13-12+;7-6+;. The number of benzene rings is 3. The molecule has 0 radical (unpaired) electrons. The minimum absolute atomic E-state index is 0.102. The molecular formula is C93H80F6N12O7S3. The predicted molar refractivity (Wildman–Crippen MR) is 455 cm³/mol. The largest absolute Gasteiger partial charge is 0.496 e. The zero-order valence-electron chi connectivity index (χ0n) is 67.5. The number of aldehydes is 1. The third kappa shape index (κ3) is 17.4. The van der Waals surface area contributed by atoms with E-state index in [2.05, 4.69) is 54.7 Å². The fraction of sp³-hybridized carbons (Fsp3) is 0.333. The number of thiophene rings is 3. The molecule has 28 heteroatoms. The zero-order chi connectivity index (χ0) is 86.9. The van der Waals surface area contributed by atoms with E-state index < -0.39 is 74.4 Å². The van der Waals surface area contributed by atoms with Crippen molar-refractivity contribution in [3.05, 3.63) is 237 Å². The van der Waals surface area contributed by atoms with Gasteiger partial charge in [0.1, 0.15) is 65.3 Å². The number of ether oxygens (including phenoxy) is 6. The average molecular weight is 1690 g/mol. The Kier molecular flexibility index (Phi) is 26.3. The Balaban J connectivity index is 0.000000157. The highest BCUT2D eigenvalue weighted by molar-refractivity contribution is 7.14. The van der Waals surface area contributed by atoms with Crippen molar-refractivity contribution in [2.24, 2.45) is 0 Å². The zero-order valence-corrected chi connectivity index (χ0v) is 69.9. The van der Waals surface area contributed by atoms with Crippen molar-refractivity contribution in [3.63, 3.8) is 0 Å². The molecule has 2 unspecified atom stereocenters. The minimum Gasteiger partial charge on any atom is -0.496 e. The van der Waals surface area contributed by atoms with Gasteiger partial charge in [-0.05, 0) is 237 Å². The van der Waals surface area contributed by atoms with Gasteiger partial charge in [-0.25, -0.2) is 9.69 Å². The number of hydrogen-bond acceptors (Lipinski definition) is 20. The first-order valence-electron chi connectivity index (χ1n) is 38.9. The Labute approximate surface area is 710 Å². The summed E-state index contributed by atoms with van der Waals surface area (Å²) < 4.78 is 118. The maximum Gasteiger partial charge on any atom is 0.430 e. The molecule has 0 aliphatic carbocycles. The third-order valence-electron chi connectivity index (χ3n) is 22.5. The number of hydrogen-bond donors (Lipinski definition) is 0. The highest BCUT2D eigenvalue weighted by Gasteiger charge is 2.62. The van der Waals surface area contributed by atoms with Gasteiger partial charge < -0.3 is 43.1 Å². The number of carbonyl (C=O) groups is 1. The van der Waals surface area contributed by atoms with Gasteiger partial charge in [0.05, 0.1) is 44.9 Å². The van der Waals surface area contributed by atoms with Crippen LogP contribution in [0.15, 0.2) is 134 Å². The van der Waals surface area contributed by atoms with Crippen molar-refractivity contribution < 1.29 is 59.6 Å². The van der Waals surface area contributed by atoms with Crippen LogP contribution in [0.25, 0.3) is 58.3 Å². The second-order valence-electron chi connectivity index (χ2n) is 30.1. The molecule has 9 aliphatic rings. The van der Waals surface area contributed by atoms with E-state index >= 15 is 0 Å².